The van der Waals surface area contributed by atoms with E-state index in [1.54, 1.807) is 6.07 Å². The Kier molecular flexibility index (Phi) is 5.00. The van der Waals surface area contributed by atoms with Crippen LogP contribution in [0, 0.1) is 6.92 Å². The largest absolute Gasteiger partial charge is 0.457 e. The van der Waals surface area contributed by atoms with Gasteiger partial charge in [0.05, 0.1) is 11.4 Å². The van der Waals surface area contributed by atoms with Crippen LogP contribution in [0.25, 0.3) is 11.3 Å². The summed E-state index contributed by atoms with van der Waals surface area (Å²) < 4.78 is 5.80. The standard InChI is InChI=1S/C20H17ClN2O2/c1-13-12-18(21)23-20(19(13)22-14(2)24)15-8-10-17(11-9-15)25-16-6-4-3-5-7-16/h3-12H,1-2H3,(H,22,24). The highest BCUT2D eigenvalue weighted by molar-refractivity contribution is 6.29. The van der Waals surface area contributed by atoms with Crippen LogP contribution in [0.3, 0.4) is 0 Å². The minimum atomic E-state index is -0.155. The molecule has 126 valence electrons. The summed E-state index contributed by atoms with van der Waals surface area (Å²) in [7, 11) is 0. The maximum atomic E-state index is 11.5. The molecule has 5 heteroatoms. The normalized spacial score (nSPS) is 10.4. The van der Waals surface area contributed by atoms with Crippen LogP contribution in [0.2, 0.25) is 5.15 Å². The van der Waals surface area contributed by atoms with Gasteiger partial charge in [-0.25, -0.2) is 4.98 Å². The van der Waals surface area contributed by atoms with Crippen LogP contribution in [0.5, 0.6) is 11.5 Å². The van der Waals surface area contributed by atoms with Gasteiger partial charge in [0.1, 0.15) is 16.7 Å². The maximum absolute atomic E-state index is 11.5. The topological polar surface area (TPSA) is 51.2 Å². The highest BCUT2D eigenvalue weighted by atomic mass is 35.5. The number of nitrogens with one attached hydrogen (secondary N) is 1. The smallest absolute Gasteiger partial charge is 0.221 e. The molecule has 0 aliphatic carbocycles. The highest BCUT2D eigenvalue weighted by Crippen LogP contribution is 2.32. The third-order valence-electron chi connectivity index (χ3n) is 3.59. The molecule has 0 saturated carbocycles. The van der Waals surface area contributed by atoms with Gasteiger partial charge in [-0.15, -0.1) is 0 Å². The van der Waals surface area contributed by atoms with E-state index in [0.717, 1.165) is 22.6 Å². The number of halogens is 1. The summed E-state index contributed by atoms with van der Waals surface area (Å²) in [6.07, 6.45) is 0. The van der Waals surface area contributed by atoms with Crippen molar-refractivity contribution in [2.45, 2.75) is 13.8 Å². The Balaban J connectivity index is 1.93. The van der Waals surface area contributed by atoms with E-state index in [-0.39, 0.29) is 5.91 Å². The van der Waals surface area contributed by atoms with Crippen LogP contribution in [0.4, 0.5) is 5.69 Å². The number of nitrogens with zero attached hydrogens (tertiary/aromatic N) is 1. The molecule has 4 nitrogen and oxygen atoms in total. The van der Waals surface area contributed by atoms with Crippen molar-refractivity contribution in [2.75, 3.05) is 5.32 Å². The molecule has 1 amide bonds. The molecule has 1 heterocycles. The zero-order valence-electron chi connectivity index (χ0n) is 13.9. The van der Waals surface area contributed by atoms with E-state index in [1.807, 2.05) is 61.5 Å². The molecule has 1 N–H and O–H groups in total. The Labute approximate surface area is 151 Å². The lowest BCUT2D eigenvalue weighted by Gasteiger charge is -2.13. The first-order valence-corrected chi connectivity index (χ1v) is 8.19. The summed E-state index contributed by atoms with van der Waals surface area (Å²) >= 11 is 6.10. The zero-order chi connectivity index (χ0) is 17.8. The van der Waals surface area contributed by atoms with Crippen LogP contribution in [-0.2, 0) is 4.79 Å². The highest BCUT2D eigenvalue weighted by Gasteiger charge is 2.13. The van der Waals surface area contributed by atoms with E-state index in [9.17, 15) is 4.79 Å². The van der Waals surface area contributed by atoms with Gasteiger partial charge in [-0.1, -0.05) is 29.8 Å². The molecule has 3 aromatic rings. The number of hydrogen-bond donors (Lipinski definition) is 1. The van der Waals surface area contributed by atoms with Crippen LogP contribution in [0.1, 0.15) is 12.5 Å². The fourth-order valence-electron chi connectivity index (χ4n) is 2.48. The summed E-state index contributed by atoms with van der Waals surface area (Å²) in [5, 5.41) is 3.21. The van der Waals surface area contributed by atoms with Gasteiger partial charge in [0.15, 0.2) is 0 Å². The molecule has 0 saturated heterocycles. The molecular weight excluding hydrogens is 336 g/mol. The van der Waals surface area contributed by atoms with Crippen molar-refractivity contribution in [3.8, 4) is 22.8 Å². The molecule has 2 aromatic carbocycles. The van der Waals surface area contributed by atoms with Crippen molar-refractivity contribution in [1.29, 1.82) is 0 Å². The van der Waals surface area contributed by atoms with Gasteiger partial charge in [-0.3, -0.25) is 4.79 Å². The number of para-hydroxylation sites is 1. The van der Waals surface area contributed by atoms with Crippen LogP contribution in [0.15, 0.2) is 60.7 Å². The molecule has 25 heavy (non-hydrogen) atoms. The Morgan fingerprint density at radius 1 is 1.04 bits per heavy atom. The molecule has 0 atom stereocenters. The van der Waals surface area contributed by atoms with Gasteiger partial charge in [0, 0.05) is 12.5 Å². The number of hydrogen-bond acceptors (Lipinski definition) is 3. The number of carbonyl (C=O) groups excluding carboxylic acids is 1. The van der Waals surface area contributed by atoms with Crippen LogP contribution in [-0.4, -0.2) is 10.9 Å². The average Bonchev–Trinajstić information content (AvgIpc) is 2.58. The fraction of sp³-hybridized carbons (Fsp3) is 0.100. The van der Waals surface area contributed by atoms with E-state index in [2.05, 4.69) is 10.3 Å². The number of ether oxygens (including phenoxy) is 1. The van der Waals surface area contributed by atoms with Gasteiger partial charge in [0.2, 0.25) is 5.91 Å². The SMILES string of the molecule is CC(=O)Nc1c(C)cc(Cl)nc1-c1ccc(Oc2ccccc2)cc1. The second-order valence-corrected chi connectivity index (χ2v) is 5.99. The maximum Gasteiger partial charge on any atom is 0.221 e. The summed E-state index contributed by atoms with van der Waals surface area (Å²) in [6, 6.07) is 18.8. The van der Waals surface area contributed by atoms with Gasteiger partial charge in [-0.05, 0) is 55.0 Å². The first-order valence-electron chi connectivity index (χ1n) is 7.81. The van der Waals surface area contributed by atoms with Crippen molar-refractivity contribution >= 4 is 23.2 Å². The van der Waals surface area contributed by atoms with Crippen molar-refractivity contribution in [1.82, 2.24) is 4.98 Å². The summed E-state index contributed by atoms with van der Waals surface area (Å²) in [4.78, 5) is 15.9. The molecule has 0 radical (unpaired) electrons. The van der Waals surface area contributed by atoms with Crippen molar-refractivity contribution in [3.05, 3.63) is 71.4 Å². The van der Waals surface area contributed by atoms with E-state index in [4.69, 9.17) is 16.3 Å². The molecular formula is C20H17ClN2O2. The summed E-state index contributed by atoms with van der Waals surface area (Å²) in [5.74, 6) is 1.33. The first-order chi connectivity index (χ1) is 12.0. The molecule has 0 bridgehead atoms. The van der Waals surface area contributed by atoms with Gasteiger partial charge < -0.3 is 10.1 Å². The number of rotatable bonds is 4. The molecule has 0 aliphatic rings. The Morgan fingerprint density at radius 3 is 2.32 bits per heavy atom. The molecule has 1 aromatic heterocycles. The van der Waals surface area contributed by atoms with Crippen LogP contribution < -0.4 is 10.1 Å². The van der Waals surface area contributed by atoms with Gasteiger partial charge in [-0.2, -0.15) is 0 Å². The molecule has 0 unspecified atom stereocenters. The third kappa shape index (κ3) is 4.17. The molecule has 0 fully saturated rings. The lowest BCUT2D eigenvalue weighted by Crippen LogP contribution is -2.09. The molecule has 0 aliphatic heterocycles. The van der Waals surface area contributed by atoms with Crippen molar-refractivity contribution in [3.63, 3.8) is 0 Å². The Hall–Kier alpha value is -2.85. The average molecular weight is 353 g/mol. The summed E-state index contributed by atoms with van der Waals surface area (Å²) in [6.45, 7) is 3.35. The first kappa shape index (κ1) is 17.0. The van der Waals surface area contributed by atoms with E-state index < -0.39 is 0 Å². The monoisotopic (exact) mass is 352 g/mol. The predicted octanol–water partition coefficient (Wildman–Crippen LogP) is 5.46. The molecule has 0 spiro atoms. The summed E-state index contributed by atoms with van der Waals surface area (Å²) in [5.41, 5.74) is 2.99. The second kappa shape index (κ2) is 7.36. The van der Waals surface area contributed by atoms with E-state index >= 15 is 0 Å². The minimum Gasteiger partial charge on any atom is -0.457 e. The minimum absolute atomic E-state index is 0.155. The number of aryl methyl sites for hydroxylation is 1. The predicted molar refractivity (Wildman–Crippen MR) is 100 cm³/mol. The van der Waals surface area contributed by atoms with Gasteiger partial charge >= 0.3 is 0 Å². The quantitative estimate of drug-likeness (QED) is 0.634. The van der Waals surface area contributed by atoms with Crippen molar-refractivity contribution in [2.24, 2.45) is 0 Å². The van der Waals surface area contributed by atoms with Crippen molar-refractivity contribution < 1.29 is 9.53 Å². The van der Waals surface area contributed by atoms with E-state index in [0.29, 0.717) is 16.5 Å². The number of aromatic nitrogens is 1. The number of benzene rings is 2. The lowest BCUT2D eigenvalue weighted by molar-refractivity contribution is -0.114. The second-order valence-electron chi connectivity index (χ2n) is 5.61. The zero-order valence-corrected chi connectivity index (χ0v) is 14.7. The lowest BCUT2D eigenvalue weighted by atomic mass is 10.1. The van der Waals surface area contributed by atoms with Gasteiger partial charge in [0.25, 0.3) is 0 Å². The Bertz CT molecular complexity index is 894. The number of amides is 1. The number of anilines is 1. The number of pyridine rings is 1. The fourth-order valence-corrected chi connectivity index (χ4v) is 2.73. The third-order valence-corrected chi connectivity index (χ3v) is 3.79. The molecule has 3 rings (SSSR count). The Morgan fingerprint density at radius 2 is 1.68 bits per heavy atom. The van der Waals surface area contributed by atoms with Crippen LogP contribution >= 0.6 is 11.6 Å². The number of carbonyl (C=O) groups is 1. The van der Waals surface area contributed by atoms with E-state index in [1.165, 1.54) is 6.92 Å².